The summed E-state index contributed by atoms with van der Waals surface area (Å²) < 4.78 is 8.09. The molecule has 5 rings (SSSR count). The molecule has 1 amide bonds. The molecule has 0 atom stereocenters. The van der Waals surface area contributed by atoms with Gasteiger partial charge in [-0.1, -0.05) is 18.2 Å². The minimum Gasteiger partial charge on any atom is -0.368 e. The molecule has 1 fully saturated rings. The van der Waals surface area contributed by atoms with Crippen LogP contribution in [0.5, 0.6) is 0 Å². The van der Waals surface area contributed by atoms with E-state index in [2.05, 4.69) is 34.2 Å². The third kappa shape index (κ3) is 2.22. The summed E-state index contributed by atoms with van der Waals surface area (Å²) in [5, 5.41) is 1.30. The fraction of sp³-hybridized carbons (Fsp3) is 0.400. The van der Waals surface area contributed by atoms with Crippen LogP contribution in [0, 0.1) is 0 Å². The van der Waals surface area contributed by atoms with Crippen LogP contribution in [0.1, 0.15) is 34.7 Å². The summed E-state index contributed by atoms with van der Waals surface area (Å²) in [6.45, 7) is 2.10. The summed E-state index contributed by atoms with van der Waals surface area (Å²) in [6.07, 6.45) is 6.03. The number of aryl methyl sites for hydroxylation is 1. The van der Waals surface area contributed by atoms with Gasteiger partial charge in [0.15, 0.2) is 5.82 Å². The average molecular weight is 350 g/mol. The number of H-pyrrole nitrogens is 1. The summed E-state index contributed by atoms with van der Waals surface area (Å²) in [5.74, 6) is 0.497. The second-order valence-corrected chi connectivity index (χ2v) is 7.27. The fourth-order valence-corrected chi connectivity index (χ4v) is 4.45. The van der Waals surface area contributed by atoms with Gasteiger partial charge in [0, 0.05) is 43.4 Å². The maximum atomic E-state index is 12.7. The van der Waals surface area contributed by atoms with Crippen molar-refractivity contribution in [1.29, 1.82) is 0 Å². The highest BCUT2D eigenvalue weighted by Gasteiger charge is 2.43. The number of aromatic nitrogens is 3. The first kappa shape index (κ1) is 15.6. The van der Waals surface area contributed by atoms with Crippen LogP contribution in [0.25, 0.3) is 10.9 Å². The number of nitrogens with zero attached hydrogens (tertiary/aromatic N) is 3. The zero-order valence-corrected chi connectivity index (χ0v) is 14.9. The Morgan fingerprint density at radius 3 is 2.85 bits per heavy atom. The molecule has 0 aliphatic carbocycles. The molecular weight excluding hydrogens is 328 g/mol. The SMILES string of the molecule is Cn1ccnc1C(=O)N1CCC2(CC1)OCCc1c2[nH]c2ccccc12. The van der Waals surface area contributed by atoms with Crippen molar-refractivity contribution in [3.63, 3.8) is 0 Å². The minimum absolute atomic E-state index is 0.0000275. The lowest BCUT2D eigenvalue weighted by atomic mass is 9.83. The number of rotatable bonds is 1. The number of para-hydroxylation sites is 1. The zero-order chi connectivity index (χ0) is 17.7. The molecule has 26 heavy (non-hydrogen) atoms. The Kier molecular flexibility index (Phi) is 3.43. The first-order valence-corrected chi connectivity index (χ1v) is 9.19. The van der Waals surface area contributed by atoms with Crippen LogP contribution in [0.2, 0.25) is 0 Å². The van der Waals surface area contributed by atoms with Crippen molar-refractivity contribution < 1.29 is 9.53 Å². The molecule has 6 heteroatoms. The van der Waals surface area contributed by atoms with Crippen molar-refractivity contribution in [2.75, 3.05) is 19.7 Å². The Bertz CT molecular complexity index is 979. The van der Waals surface area contributed by atoms with Crippen LogP contribution in [0.3, 0.4) is 0 Å². The van der Waals surface area contributed by atoms with Gasteiger partial charge in [0.05, 0.1) is 12.3 Å². The molecule has 2 aliphatic heterocycles. The molecule has 2 aliphatic rings. The van der Waals surface area contributed by atoms with Crippen LogP contribution in [-0.4, -0.2) is 45.0 Å². The predicted octanol–water partition coefficient (Wildman–Crippen LogP) is 2.61. The van der Waals surface area contributed by atoms with Crippen molar-refractivity contribution in [2.24, 2.45) is 7.05 Å². The van der Waals surface area contributed by atoms with E-state index in [1.54, 1.807) is 17.0 Å². The molecule has 1 aromatic carbocycles. The Morgan fingerprint density at radius 1 is 1.27 bits per heavy atom. The molecule has 1 spiro atoms. The normalized spacial score (nSPS) is 19.0. The molecule has 1 saturated heterocycles. The van der Waals surface area contributed by atoms with Gasteiger partial charge in [0.1, 0.15) is 5.60 Å². The lowest BCUT2D eigenvalue weighted by molar-refractivity contribution is -0.0958. The van der Waals surface area contributed by atoms with Gasteiger partial charge in [-0.25, -0.2) is 4.98 Å². The Morgan fingerprint density at radius 2 is 2.08 bits per heavy atom. The van der Waals surface area contributed by atoms with Gasteiger partial charge in [0.25, 0.3) is 5.91 Å². The van der Waals surface area contributed by atoms with E-state index in [1.165, 1.54) is 22.2 Å². The monoisotopic (exact) mass is 350 g/mol. The van der Waals surface area contributed by atoms with Crippen LogP contribution in [0.15, 0.2) is 36.7 Å². The van der Waals surface area contributed by atoms with Crippen LogP contribution >= 0.6 is 0 Å². The third-order valence-corrected chi connectivity index (χ3v) is 5.87. The summed E-state index contributed by atoms with van der Waals surface area (Å²) in [5.41, 5.74) is 3.48. The fourth-order valence-electron chi connectivity index (χ4n) is 4.45. The van der Waals surface area contributed by atoms with Crippen molar-refractivity contribution >= 4 is 16.8 Å². The Balaban J connectivity index is 1.43. The zero-order valence-electron chi connectivity index (χ0n) is 14.9. The largest absolute Gasteiger partial charge is 0.368 e. The number of ether oxygens (including phenoxy) is 1. The molecular formula is C20H22N4O2. The van der Waals surface area contributed by atoms with E-state index in [4.69, 9.17) is 4.74 Å². The first-order valence-electron chi connectivity index (χ1n) is 9.19. The van der Waals surface area contributed by atoms with E-state index < -0.39 is 0 Å². The van der Waals surface area contributed by atoms with Crippen LogP contribution < -0.4 is 0 Å². The molecule has 1 N–H and O–H groups in total. The number of aromatic amines is 1. The van der Waals surface area contributed by atoms with E-state index >= 15 is 0 Å². The predicted molar refractivity (Wildman–Crippen MR) is 98.0 cm³/mol. The van der Waals surface area contributed by atoms with Gasteiger partial charge in [-0.05, 0) is 30.9 Å². The van der Waals surface area contributed by atoms with Crippen LogP contribution in [0.4, 0.5) is 0 Å². The van der Waals surface area contributed by atoms with Crippen molar-refractivity contribution in [3.8, 4) is 0 Å². The highest BCUT2D eigenvalue weighted by Crippen LogP contribution is 2.43. The van der Waals surface area contributed by atoms with Gasteiger partial charge >= 0.3 is 0 Å². The number of carbonyl (C=O) groups is 1. The summed E-state index contributed by atoms with van der Waals surface area (Å²) in [4.78, 5) is 22.4. The number of nitrogens with one attached hydrogen (secondary N) is 1. The van der Waals surface area contributed by atoms with Crippen molar-refractivity contribution in [2.45, 2.75) is 24.9 Å². The van der Waals surface area contributed by atoms with Gasteiger partial charge in [0.2, 0.25) is 0 Å². The number of hydrogen-bond donors (Lipinski definition) is 1. The number of fused-ring (bicyclic) bond motifs is 4. The number of imidazole rings is 1. The van der Waals surface area contributed by atoms with Crippen molar-refractivity contribution in [1.82, 2.24) is 19.4 Å². The highest BCUT2D eigenvalue weighted by molar-refractivity contribution is 5.91. The van der Waals surface area contributed by atoms with Gasteiger partial charge < -0.3 is 19.2 Å². The Labute approximate surface area is 151 Å². The number of likely N-dealkylation sites (tertiary alicyclic amines) is 1. The summed E-state index contributed by atoms with van der Waals surface area (Å²) in [6, 6.07) is 8.46. The second-order valence-electron chi connectivity index (χ2n) is 7.27. The van der Waals surface area contributed by atoms with Gasteiger partial charge in [-0.3, -0.25) is 4.79 Å². The van der Waals surface area contributed by atoms with Crippen LogP contribution in [-0.2, 0) is 23.8 Å². The number of hydrogen-bond acceptors (Lipinski definition) is 3. The van der Waals surface area contributed by atoms with E-state index in [1.807, 2.05) is 11.9 Å². The topological polar surface area (TPSA) is 63.1 Å². The number of piperidine rings is 1. The van der Waals surface area contributed by atoms with E-state index in [-0.39, 0.29) is 11.5 Å². The molecule has 3 aromatic rings. The highest BCUT2D eigenvalue weighted by atomic mass is 16.5. The maximum absolute atomic E-state index is 12.7. The molecule has 0 bridgehead atoms. The number of amides is 1. The van der Waals surface area contributed by atoms with Crippen molar-refractivity contribution in [3.05, 3.63) is 53.7 Å². The molecule has 134 valence electrons. The maximum Gasteiger partial charge on any atom is 0.289 e. The average Bonchev–Trinajstić information content (AvgIpc) is 3.27. The van der Waals surface area contributed by atoms with E-state index in [9.17, 15) is 4.79 Å². The first-order chi connectivity index (χ1) is 12.7. The Hall–Kier alpha value is -2.60. The number of carbonyl (C=O) groups excluding carboxylic acids is 1. The van der Waals surface area contributed by atoms with Gasteiger partial charge in [-0.15, -0.1) is 0 Å². The smallest absolute Gasteiger partial charge is 0.289 e. The van der Waals surface area contributed by atoms with E-state index in [0.717, 1.165) is 25.9 Å². The molecule has 2 aromatic heterocycles. The summed E-state index contributed by atoms with van der Waals surface area (Å²) >= 11 is 0. The quantitative estimate of drug-likeness (QED) is 0.734. The number of benzene rings is 1. The molecule has 0 unspecified atom stereocenters. The van der Waals surface area contributed by atoms with Gasteiger partial charge in [-0.2, -0.15) is 0 Å². The molecule has 6 nitrogen and oxygen atoms in total. The molecule has 0 saturated carbocycles. The summed E-state index contributed by atoms with van der Waals surface area (Å²) in [7, 11) is 1.85. The molecule has 0 radical (unpaired) electrons. The van der Waals surface area contributed by atoms with E-state index in [0.29, 0.717) is 18.9 Å². The lowest BCUT2D eigenvalue weighted by Gasteiger charge is -2.43. The minimum atomic E-state index is -0.301. The third-order valence-electron chi connectivity index (χ3n) is 5.87. The second kappa shape index (κ2) is 5.71. The standard InChI is InChI=1S/C20H22N4O2/c1-23-12-9-21-18(23)19(25)24-10-7-20(8-11-24)17-15(6-13-26-20)14-4-2-3-5-16(14)22-17/h2-5,9,12,22H,6-8,10-11,13H2,1H3. The molecule has 4 heterocycles. The lowest BCUT2D eigenvalue weighted by Crippen LogP contribution is -2.48.